The second kappa shape index (κ2) is 6.32. The highest BCUT2D eigenvalue weighted by atomic mass is 19.1. The highest BCUT2D eigenvalue weighted by Crippen LogP contribution is 2.20. The average Bonchev–Trinajstić information content (AvgIpc) is 3.06. The Labute approximate surface area is 142 Å². The fraction of sp³-hybridized carbons (Fsp3) is 0.0526. The van der Waals surface area contributed by atoms with Crippen LogP contribution in [0.4, 0.5) is 14.6 Å². The van der Waals surface area contributed by atoms with Gasteiger partial charge in [0, 0.05) is 17.7 Å². The van der Waals surface area contributed by atoms with E-state index in [-0.39, 0.29) is 12.1 Å². The third kappa shape index (κ3) is 3.06. The lowest BCUT2D eigenvalue weighted by Crippen LogP contribution is -2.06. The minimum atomic E-state index is -0.470. The molecule has 6 heteroatoms. The molecule has 0 aliphatic heterocycles. The van der Waals surface area contributed by atoms with Gasteiger partial charge >= 0.3 is 0 Å². The van der Waals surface area contributed by atoms with E-state index in [0.29, 0.717) is 11.5 Å². The molecule has 25 heavy (non-hydrogen) atoms. The largest absolute Gasteiger partial charge is 0.364 e. The van der Waals surface area contributed by atoms with Gasteiger partial charge in [0.05, 0.1) is 11.9 Å². The molecule has 4 nitrogen and oxygen atoms in total. The molecule has 0 saturated heterocycles. The van der Waals surface area contributed by atoms with Gasteiger partial charge in [-0.2, -0.15) is 0 Å². The Morgan fingerprint density at radius 2 is 1.80 bits per heavy atom. The molecule has 1 N–H and O–H groups in total. The first kappa shape index (κ1) is 15.3. The first-order valence-electron chi connectivity index (χ1n) is 7.79. The summed E-state index contributed by atoms with van der Waals surface area (Å²) in [4.78, 5) is 4.34. The van der Waals surface area contributed by atoms with E-state index in [2.05, 4.69) is 15.4 Å². The predicted octanol–water partition coefficient (Wildman–Crippen LogP) is 4.29. The van der Waals surface area contributed by atoms with Gasteiger partial charge in [0.2, 0.25) is 0 Å². The first-order chi connectivity index (χ1) is 12.2. The van der Waals surface area contributed by atoms with Crippen molar-refractivity contribution < 1.29 is 8.78 Å². The summed E-state index contributed by atoms with van der Waals surface area (Å²) in [6, 6.07) is 16.8. The summed E-state index contributed by atoms with van der Waals surface area (Å²) >= 11 is 0. The molecule has 124 valence electrons. The highest BCUT2D eigenvalue weighted by Gasteiger charge is 2.09. The highest BCUT2D eigenvalue weighted by molar-refractivity contribution is 5.63. The number of nitrogens with zero attached hydrogens (tertiary/aromatic N) is 3. The number of benzene rings is 2. The first-order valence-corrected chi connectivity index (χ1v) is 7.79. The molecule has 0 radical (unpaired) electrons. The number of hydrogen-bond acceptors (Lipinski definition) is 3. The minimum absolute atomic E-state index is 0.136. The van der Waals surface area contributed by atoms with E-state index in [1.165, 1.54) is 6.07 Å². The fourth-order valence-electron chi connectivity index (χ4n) is 2.64. The van der Waals surface area contributed by atoms with Crippen molar-refractivity contribution in [1.82, 2.24) is 14.6 Å². The molecule has 2 aromatic heterocycles. The summed E-state index contributed by atoms with van der Waals surface area (Å²) in [5.74, 6) is -0.378. The Bertz CT molecular complexity index is 1030. The molecular weight excluding hydrogens is 322 g/mol. The van der Waals surface area contributed by atoms with E-state index in [1.807, 2.05) is 36.4 Å². The summed E-state index contributed by atoms with van der Waals surface area (Å²) in [5, 5.41) is 7.53. The molecule has 0 saturated carbocycles. The lowest BCUT2D eigenvalue weighted by Gasteiger charge is -2.08. The Balaban J connectivity index is 1.64. The van der Waals surface area contributed by atoms with Crippen LogP contribution in [-0.2, 0) is 6.54 Å². The van der Waals surface area contributed by atoms with Gasteiger partial charge in [-0.15, -0.1) is 5.10 Å². The normalized spacial score (nSPS) is 11.0. The molecule has 0 amide bonds. The minimum Gasteiger partial charge on any atom is -0.364 e. The summed E-state index contributed by atoms with van der Waals surface area (Å²) in [6.07, 6.45) is 1.76. The zero-order valence-electron chi connectivity index (χ0n) is 13.2. The second-order valence-electron chi connectivity index (χ2n) is 5.59. The van der Waals surface area contributed by atoms with Crippen molar-refractivity contribution in [1.29, 1.82) is 0 Å². The number of anilines is 1. The van der Waals surface area contributed by atoms with Crippen LogP contribution in [0.5, 0.6) is 0 Å². The second-order valence-corrected chi connectivity index (χ2v) is 5.59. The van der Waals surface area contributed by atoms with Gasteiger partial charge < -0.3 is 5.32 Å². The van der Waals surface area contributed by atoms with E-state index >= 15 is 0 Å². The average molecular weight is 336 g/mol. The van der Waals surface area contributed by atoms with Crippen molar-refractivity contribution in [2.75, 3.05) is 5.32 Å². The van der Waals surface area contributed by atoms with Crippen LogP contribution in [0.1, 0.15) is 5.56 Å². The lowest BCUT2D eigenvalue weighted by molar-refractivity contribution is 0.587. The zero-order chi connectivity index (χ0) is 17.2. The van der Waals surface area contributed by atoms with E-state index < -0.39 is 11.6 Å². The van der Waals surface area contributed by atoms with Crippen molar-refractivity contribution in [3.63, 3.8) is 0 Å². The summed E-state index contributed by atoms with van der Waals surface area (Å²) < 4.78 is 28.7. The van der Waals surface area contributed by atoms with Crippen LogP contribution in [0.3, 0.4) is 0 Å². The van der Waals surface area contributed by atoms with Crippen LogP contribution < -0.4 is 5.32 Å². The van der Waals surface area contributed by atoms with Gasteiger partial charge in [-0.05, 0) is 30.3 Å². The van der Waals surface area contributed by atoms with Gasteiger partial charge in [-0.1, -0.05) is 30.3 Å². The van der Waals surface area contributed by atoms with Crippen LogP contribution in [0.2, 0.25) is 0 Å². The van der Waals surface area contributed by atoms with Crippen molar-refractivity contribution in [3.05, 3.63) is 84.1 Å². The maximum atomic E-state index is 13.7. The molecule has 0 aliphatic carbocycles. The van der Waals surface area contributed by atoms with Crippen molar-refractivity contribution in [3.8, 4) is 11.3 Å². The molecular formula is C19H14F2N4. The molecule has 2 heterocycles. The number of aromatic nitrogens is 3. The van der Waals surface area contributed by atoms with E-state index in [4.69, 9.17) is 0 Å². The molecule has 0 spiro atoms. The van der Waals surface area contributed by atoms with Crippen LogP contribution in [0.25, 0.3) is 16.9 Å². The molecule has 4 aromatic rings. The Kier molecular flexibility index (Phi) is 3.85. The molecule has 0 atom stereocenters. The van der Waals surface area contributed by atoms with Crippen LogP contribution >= 0.6 is 0 Å². The van der Waals surface area contributed by atoms with Gasteiger partial charge in [0.15, 0.2) is 5.65 Å². The SMILES string of the molecule is Fc1ccc(F)c(CNc2ccc3ncc(-c4ccccc4)n3n2)c1. The van der Waals surface area contributed by atoms with Gasteiger partial charge in [0.1, 0.15) is 17.5 Å². The van der Waals surface area contributed by atoms with Gasteiger partial charge in [0.25, 0.3) is 0 Å². The van der Waals surface area contributed by atoms with Crippen molar-refractivity contribution in [2.24, 2.45) is 0 Å². The Morgan fingerprint density at radius 3 is 2.64 bits per heavy atom. The molecule has 4 rings (SSSR count). The number of nitrogens with one attached hydrogen (secondary N) is 1. The maximum Gasteiger partial charge on any atom is 0.154 e. The molecule has 0 bridgehead atoms. The standard InChI is InChI=1S/C19H14F2N4/c20-15-6-7-16(21)14(10-15)11-22-18-8-9-19-23-12-17(25(19)24-18)13-4-2-1-3-5-13/h1-10,12H,11H2,(H,22,24). The van der Waals surface area contributed by atoms with Crippen LogP contribution in [-0.4, -0.2) is 14.6 Å². The number of rotatable bonds is 4. The summed E-state index contributed by atoms with van der Waals surface area (Å²) in [6.45, 7) is 0.136. The number of fused-ring (bicyclic) bond motifs is 1. The van der Waals surface area contributed by atoms with Gasteiger partial charge in [-0.3, -0.25) is 0 Å². The topological polar surface area (TPSA) is 42.2 Å². The van der Waals surface area contributed by atoms with Gasteiger partial charge in [-0.25, -0.2) is 18.3 Å². The maximum absolute atomic E-state index is 13.7. The van der Waals surface area contributed by atoms with Crippen molar-refractivity contribution in [2.45, 2.75) is 6.54 Å². The summed E-state index contributed by atoms with van der Waals surface area (Å²) in [5.41, 5.74) is 2.81. The number of halogens is 2. The number of hydrogen-bond donors (Lipinski definition) is 1. The molecule has 2 aromatic carbocycles. The Morgan fingerprint density at radius 1 is 0.960 bits per heavy atom. The van der Waals surface area contributed by atoms with Crippen LogP contribution in [0.15, 0.2) is 66.9 Å². The third-order valence-electron chi connectivity index (χ3n) is 3.90. The lowest BCUT2D eigenvalue weighted by atomic mass is 10.2. The van der Waals surface area contributed by atoms with E-state index in [9.17, 15) is 8.78 Å². The molecule has 0 aliphatic rings. The Hall–Kier alpha value is -3.28. The molecule has 0 fully saturated rings. The van der Waals surface area contributed by atoms with E-state index in [1.54, 1.807) is 16.8 Å². The molecule has 0 unspecified atom stereocenters. The number of imidazole rings is 1. The smallest absolute Gasteiger partial charge is 0.154 e. The monoisotopic (exact) mass is 336 g/mol. The van der Waals surface area contributed by atoms with E-state index in [0.717, 1.165) is 23.4 Å². The fourth-order valence-corrected chi connectivity index (χ4v) is 2.64. The van der Waals surface area contributed by atoms with Crippen LogP contribution in [0, 0.1) is 11.6 Å². The zero-order valence-corrected chi connectivity index (χ0v) is 13.2. The van der Waals surface area contributed by atoms with Crippen molar-refractivity contribution >= 4 is 11.5 Å². The summed E-state index contributed by atoms with van der Waals surface area (Å²) in [7, 11) is 0. The third-order valence-corrected chi connectivity index (χ3v) is 3.90. The predicted molar refractivity (Wildman–Crippen MR) is 92.1 cm³/mol. The quantitative estimate of drug-likeness (QED) is 0.605.